The van der Waals surface area contributed by atoms with E-state index in [1.54, 1.807) is 13.0 Å². The molecule has 3 rings (SSSR count). The molecule has 0 saturated heterocycles. The standard InChI is InChI=1S/C33H50N2O4/c1-21-18-29(4,5)13-15-33(21,28(38)35-39-10)16-14-30(6,7)32(9)12-11-25-23(3)27(37)24(20-34)19-31(25,8)26(32)17-22(2)36/h17,19,21,23,25H,11-16,18H2,1-10H3,(H,35,38)/b26-17-/t21?,23-,25-,31-,32+,33-/m0/s1. The van der Waals surface area contributed by atoms with Gasteiger partial charge in [-0.05, 0) is 86.0 Å². The van der Waals surface area contributed by atoms with E-state index in [0.717, 1.165) is 50.5 Å². The highest BCUT2D eigenvalue weighted by molar-refractivity contribution is 6.02. The molecule has 1 amide bonds. The summed E-state index contributed by atoms with van der Waals surface area (Å²) in [6, 6.07) is 2.13. The number of nitrogens with one attached hydrogen (secondary N) is 1. The third-order valence-corrected chi connectivity index (χ3v) is 11.5. The van der Waals surface area contributed by atoms with Crippen LogP contribution in [0.1, 0.15) is 107 Å². The summed E-state index contributed by atoms with van der Waals surface area (Å²) < 4.78 is 0. The summed E-state index contributed by atoms with van der Waals surface area (Å²) in [4.78, 5) is 44.2. The van der Waals surface area contributed by atoms with Crippen molar-refractivity contribution in [1.29, 1.82) is 5.26 Å². The van der Waals surface area contributed by atoms with Crippen molar-refractivity contribution in [3.63, 3.8) is 0 Å². The van der Waals surface area contributed by atoms with Crippen LogP contribution in [0, 0.1) is 56.2 Å². The predicted octanol–water partition coefficient (Wildman–Crippen LogP) is 6.91. The first-order valence-electron chi connectivity index (χ1n) is 14.6. The van der Waals surface area contributed by atoms with Crippen molar-refractivity contribution in [3.8, 4) is 6.07 Å². The van der Waals surface area contributed by atoms with Gasteiger partial charge in [0.2, 0.25) is 5.91 Å². The number of nitriles is 1. The van der Waals surface area contributed by atoms with E-state index in [-0.39, 0.29) is 57.0 Å². The minimum absolute atomic E-state index is 0.0237. The first kappa shape index (κ1) is 31.3. The number of hydrogen-bond acceptors (Lipinski definition) is 5. The number of rotatable bonds is 7. The van der Waals surface area contributed by atoms with Gasteiger partial charge in [0.15, 0.2) is 11.6 Å². The molecule has 0 bridgehead atoms. The van der Waals surface area contributed by atoms with Crippen LogP contribution in [-0.2, 0) is 19.2 Å². The van der Waals surface area contributed by atoms with Crippen molar-refractivity contribution in [3.05, 3.63) is 23.3 Å². The van der Waals surface area contributed by atoms with E-state index >= 15 is 0 Å². The summed E-state index contributed by atoms with van der Waals surface area (Å²) in [5, 5.41) is 9.78. The largest absolute Gasteiger partial charge is 0.295 e. The Kier molecular flexibility index (Phi) is 8.51. The molecule has 2 fully saturated rings. The van der Waals surface area contributed by atoms with Gasteiger partial charge in [-0.15, -0.1) is 0 Å². The zero-order valence-electron chi connectivity index (χ0n) is 25.9. The quantitative estimate of drug-likeness (QED) is 0.281. The van der Waals surface area contributed by atoms with E-state index in [1.807, 2.05) is 13.0 Å². The van der Waals surface area contributed by atoms with Crippen LogP contribution < -0.4 is 5.48 Å². The summed E-state index contributed by atoms with van der Waals surface area (Å²) in [6.45, 7) is 19.2. The maximum atomic E-state index is 13.5. The van der Waals surface area contributed by atoms with Crippen LogP contribution in [0.15, 0.2) is 23.3 Å². The zero-order chi connectivity index (χ0) is 29.6. The maximum absolute atomic E-state index is 13.5. The van der Waals surface area contributed by atoms with E-state index in [2.05, 4.69) is 60.0 Å². The molecule has 0 spiro atoms. The molecule has 0 aromatic heterocycles. The van der Waals surface area contributed by atoms with Gasteiger partial charge in [-0.2, -0.15) is 5.26 Å². The second-order valence-electron chi connectivity index (χ2n) is 14.7. The second kappa shape index (κ2) is 10.6. The molecule has 0 radical (unpaired) electrons. The Morgan fingerprint density at radius 3 is 2.36 bits per heavy atom. The molecule has 1 N–H and O–H groups in total. The van der Waals surface area contributed by atoms with Crippen molar-refractivity contribution in [1.82, 2.24) is 5.48 Å². The Morgan fingerprint density at radius 1 is 1.18 bits per heavy atom. The predicted molar refractivity (Wildman–Crippen MR) is 153 cm³/mol. The number of hydroxylamine groups is 1. The van der Waals surface area contributed by atoms with Crippen LogP contribution in [-0.4, -0.2) is 24.6 Å². The SMILES string of the molecule is CONC(=O)[C@]1(CCC(C)(C)[C@]2(C)CC[C@H]3[C@H](C)C(=O)C(C#N)=C[C@]3(C)/C2=C/C(C)=O)CCC(C)(C)CC1C. The molecule has 0 aromatic rings. The topological polar surface area (TPSA) is 96.3 Å². The minimum Gasteiger partial charge on any atom is -0.295 e. The first-order valence-corrected chi connectivity index (χ1v) is 14.6. The molecule has 2 saturated carbocycles. The highest BCUT2D eigenvalue weighted by atomic mass is 16.6. The fourth-order valence-electron chi connectivity index (χ4n) is 8.50. The second-order valence-corrected chi connectivity index (χ2v) is 14.7. The summed E-state index contributed by atoms with van der Waals surface area (Å²) >= 11 is 0. The molecule has 216 valence electrons. The number of amides is 1. The number of carbonyl (C=O) groups excluding carboxylic acids is 3. The van der Waals surface area contributed by atoms with E-state index in [9.17, 15) is 19.6 Å². The highest BCUT2D eigenvalue weighted by Crippen LogP contribution is 2.65. The molecule has 6 heteroatoms. The Balaban J connectivity index is 2.05. The molecule has 0 aromatic carbocycles. The van der Waals surface area contributed by atoms with Crippen molar-refractivity contribution in [2.24, 2.45) is 44.8 Å². The molecule has 6 nitrogen and oxygen atoms in total. The molecule has 6 atom stereocenters. The number of hydrogen-bond donors (Lipinski definition) is 1. The van der Waals surface area contributed by atoms with Crippen LogP contribution in [0.2, 0.25) is 0 Å². The van der Waals surface area contributed by atoms with Gasteiger partial charge in [-0.3, -0.25) is 19.2 Å². The van der Waals surface area contributed by atoms with Gasteiger partial charge in [0.25, 0.3) is 0 Å². The number of fused-ring (bicyclic) bond motifs is 1. The lowest BCUT2D eigenvalue weighted by molar-refractivity contribution is -0.151. The molecular weight excluding hydrogens is 488 g/mol. The Morgan fingerprint density at radius 2 is 1.82 bits per heavy atom. The summed E-state index contributed by atoms with van der Waals surface area (Å²) in [5.41, 5.74) is 2.37. The number of ketones is 2. The van der Waals surface area contributed by atoms with Crippen LogP contribution >= 0.6 is 0 Å². The Bertz CT molecular complexity index is 1130. The molecule has 3 aliphatic carbocycles. The van der Waals surface area contributed by atoms with E-state index in [0.29, 0.717) is 0 Å². The molecular formula is C33H50N2O4. The molecule has 0 aliphatic heterocycles. The van der Waals surface area contributed by atoms with Gasteiger partial charge in [-0.1, -0.05) is 67.0 Å². The average Bonchev–Trinajstić information content (AvgIpc) is 2.83. The van der Waals surface area contributed by atoms with Gasteiger partial charge >= 0.3 is 0 Å². The fraction of sp³-hybridized carbons (Fsp3) is 0.758. The summed E-state index contributed by atoms with van der Waals surface area (Å²) in [6.07, 6.45) is 9.60. The smallest absolute Gasteiger partial charge is 0.250 e. The summed E-state index contributed by atoms with van der Waals surface area (Å²) in [5.74, 6) is -0.187. The summed E-state index contributed by atoms with van der Waals surface area (Å²) in [7, 11) is 1.49. The van der Waals surface area contributed by atoms with E-state index < -0.39 is 10.8 Å². The molecule has 1 unspecified atom stereocenters. The average molecular weight is 539 g/mol. The molecule has 3 aliphatic rings. The first-order chi connectivity index (χ1) is 17.9. The molecule has 39 heavy (non-hydrogen) atoms. The van der Waals surface area contributed by atoms with Crippen LogP contribution in [0.4, 0.5) is 0 Å². The number of allylic oxidation sites excluding steroid dienone is 4. The third-order valence-electron chi connectivity index (χ3n) is 11.5. The van der Waals surface area contributed by atoms with E-state index in [1.165, 1.54) is 7.11 Å². The van der Waals surface area contributed by atoms with Crippen molar-refractivity contribution in [2.75, 3.05) is 7.11 Å². The van der Waals surface area contributed by atoms with Crippen LogP contribution in [0.25, 0.3) is 0 Å². The Hall–Kier alpha value is -2.26. The lowest BCUT2D eigenvalue weighted by Crippen LogP contribution is -2.53. The third kappa shape index (κ3) is 5.29. The fourth-order valence-corrected chi connectivity index (χ4v) is 8.50. The van der Waals surface area contributed by atoms with E-state index in [4.69, 9.17) is 4.84 Å². The monoisotopic (exact) mass is 538 g/mol. The normalized spacial score (nSPS) is 37.5. The van der Waals surface area contributed by atoms with Crippen molar-refractivity contribution >= 4 is 17.5 Å². The zero-order valence-corrected chi connectivity index (χ0v) is 25.9. The number of nitrogens with zero attached hydrogens (tertiary/aromatic N) is 1. The molecule has 0 heterocycles. The van der Waals surface area contributed by atoms with Crippen LogP contribution in [0.5, 0.6) is 0 Å². The van der Waals surface area contributed by atoms with Gasteiger partial charge in [-0.25, -0.2) is 5.48 Å². The maximum Gasteiger partial charge on any atom is 0.250 e. The lowest BCUT2D eigenvalue weighted by atomic mass is 9.44. The number of Topliss-reactive ketones (excluding diaryl/α,β-unsaturated/α-hetero) is 1. The van der Waals surface area contributed by atoms with Gasteiger partial charge < -0.3 is 0 Å². The van der Waals surface area contributed by atoms with Crippen LogP contribution in [0.3, 0.4) is 0 Å². The van der Waals surface area contributed by atoms with Gasteiger partial charge in [0, 0.05) is 11.3 Å². The van der Waals surface area contributed by atoms with Gasteiger partial charge in [0.05, 0.1) is 18.1 Å². The number of carbonyl (C=O) groups is 3. The minimum atomic E-state index is -0.568. The van der Waals surface area contributed by atoms with Crippen molar-refractivity contribution < 1.29 is 19.2 Å². The lowest BCUT2D eigenvalue weighted by Gasteiger charge is -2.59. The van der Waals surface area contributed by atoms with Gasteiger partial charge in [0.1, 0.15) is 6.07 Å². The Labute approximate surface area is 236 Å². The van der Waals surface area contributed by atoms with Crippen molar-refractivity contribution in [2.45, 2.75) is 107 Å². The highest BCUT2D eigenvalue weighted by Gasteiger charge is 2.59.